The zero-order valence-corrected chi connectivity index (χ0v) is 14.0. The third-order valence-corrected chi connectivity index (χ3v) is 5.76. The average Bonchev–Trinajstić information content (AvgIpc) is 2.70. The van der Waals surface area contributed by atoms with Crippen molar-refractivity contribution in [3.63, 3.8) is 0 Å². The number of rotatable bonds is 2. The molecule has 2 fully saturated rings. The lowest BCUT2D eigenvalue weighted by Gasteiger charge is -2.41. The van der Waals surface area contributed by atoms with Gasteiger partial charge in [0.2, 0.25) is 0 Å². The van der Waals surface area contributed by atoms with Crippen LogP contribution >= 0.6 is 22.6 Å². The van der Waals surface area contributed by atoms with E-state index in [0.29, 0.717) is 18.0 Å². The normalized spacial score (nSPS) is 33.1. The molecular formula is C16H20INO2. The molecule has 2 bridgehead atoms. The van der Waals surface area contributed by atoms with Crippen LogP contribution < -0.4 is 0 Å². The van der Waals surface area contributed by atoms with Gasteiger partial charge < -0.3 is 4.74 Å². The summed E-state index contributed by atoms with van der Waals surface area (Å²) in [5, 5.41) is 0. The predicted molar refractivity (Wildman–Crippen MR) is 86.6 cm³/mol. The van der Waals surface area contributed by atoms with Crippen LogP contribution in [0.15, 0.2) is 24.3 Å². The van der Waals surface area contributed by atoms with Gasteiger partial charge in [0.15, 0.2) is 0 Å². The molecule has 108 valence electrons. The van der Waals surface area contributed by atoms with E-state index in [1.807, 2.05) is 0 Å². The molecule has 20 heavy (non-hydrogen) atoms. The van der Waals surface area contributed by atoms with Crippen molar-refractivity contribution in [2.24, 2.45) is 5.92 Å². The zero-order chi connectivity index (χ0) is 14.3. The molecule has 1 aromatic rings. The lowest BCUT2D eigenvalue weighted by Crippen LogP contribution is -2.49. The summed E-state index contributed by atoms with van der Waals surface area (Å²) in [5.41, 5.74) is 1.28. The molecule has 0 N–H and O–H groups in total. The first kappa shape index (κ1) is 14.3. The van der Waals surface area contributed by atoms with Crippen LogP contribution in [0.2, 0.25) is 0 Å². The van der Waals surface area contributed by atoms with Crippen LogP contribution in [0.3, 0.4) is 0 Å². The van der Waals surface area contributed by atoms with Gasteiger partial charge in [-0.3, -0.25) is 9.69 Å². The van der Waals surface area contributed by atoms with Crippen molar-refractivity contribution in [1.29, 1.82) is 0 Å². The first-order chi connectivity index (χ1) is 9.61. The highest BCUT2D eigenvalue weighted by molar-refractivity contribution is 14.1. The Balaban J connectivity index is 1.95. The molecule has 0 radical (unpaired) electrons. The number of ether oxygens (including phenoxy) is 1. The molecular weight excluding hydrogens is 365 g/mol. The van der Waals surface area contributed by atoms with Gasteiger partial charge in [0.1, 0.15) is 0 Å². The van der Waals surface area contributed by atoms with Gasteiger partial charge in [-0.1, -0.05) is 12.1 Å². The Morgan fingerprint density at radius 3 is 2.65 bits per heavy atom. The van der Waals surface area contributed by atoms with Crippen molar-refractivity contribution in [3.05, 3.63) is 33.4 Å². The summed E-state index contributed by atoms with van der Waals surface area (Å²) in [4.78, 5) is 14.7. The summed E-state index contributed by atoms with van der Waals surface area (Å²) in [6, 6.07) is 9.56. The van der Waals surface area contributed by atoms with Crippen LogP contribution in [0.25, 0.3) is 0 Å². The minimum atomic E-state index is -0.0502. The molecule has 2 saturated heterocycles. The number of benzene rings is 1. The summed E-state index contributed by atoms with van der Waals surface area (Å²) in [7, 11) is 3.66. The van der Waals surface area contributed by atoms with E-state index < -0.39 is 0 Å². The van der Waals surface area contributed by atoms with E-state index >= 15 is 0 Å². The Morgan fingerprint density at radius 2 is 2.00 bits per heavy atom. The number of esters is 1. The standard InChI is InChI=1S/C16H20INO2/c1-18-12-7-8-14(18)15(16(19)20-2)13(9-12)10-3-5-11(17)6-4-10/h3-6,12-15H,7-9H2,1-2H3/t12?,13-,14-,15+/m1/s1. The highest BCUT2D eigenvalue weighted by atomic mass is 127. The lowest BCUT2D eigenvalue weighted by atomic mass is 9.76. The second-order valence-electron chi connectivity index (χ2n) is 5.91. The maximum absolute atomic E-state index is 12.3. The monoisotopic (exact) mass is 385 g/mol. The van der Waals surface area contributed by atoms with Crippen molar-refractivity contribution in [3.8, 4) is 0 Å². The molecule has 2 heterocycles. The molecule has 0 amide bonds. The highest BCUT2D eigenvalue weighted by Gasteiger charge is 2.49. The van der Waals surface area contributed by atoms with E-state index in [0.717, 1.165) is 12.8 Å². The van der Waals surface area contributed by atoms with Crippen LogP contribution in [0.5, 0.6) is 0 Å². The van der Waals surface area contributed by atoms with Gasteiger partial charge in [-0.25, -0.2) is 0 Å². The van der Waals surface area contributed by atoms with E-state index in [2.05, 4.69) is 58.8 Å². The quantitative estimate of drug-likeness (QED) is 0.579. The summed E-state index contributed by atoms with van der Waals surface area (Å²) in [6.45, 7) is 0. The molecule has 2 aliphatic heterocycles. The maximum Gasteiger partial charge on any atom is 0.310 e. The van der Waals surface area contributed by atoms with E-state index in [-0.39, 0.29) is 11.9 Å². The van der Waals surface area contributed by atoms with Crippen molar-refractivity contribution in [1.82, 2.24) is 4.90 Å². The SMILES string of the molecule is COC(=O)[C@H]1[C@@H](c2ccc(I)cc2)CC2CC[C@H]1N2C. The molecule has 4 atom stereocenters. The smallest absolute Gasteiger partial charge is 0.310 e. The highest BCUT2D eigenvalue weighted by Crippen LogP contribution is 2.46. The third kappa shape index (κ3) is 2.37. The van der Waals surface area contributed by atoms with E-state index in [9.17, 15) is 4.79 Å². The number of halogens is 1. The molecule has 3 nitrogen and oxygen atoms in total. The lowest BCUT2D eigenvalue weighted by molar-refractivity contribution is -0.150. The fourth-order valence-electron chi connectivity index (χ4n) is 3.98. The average molecular weight is 385 g/mol. The van der Waals surface area contributed by atoms with Crippen molar-refractivity contribution >= 4 is 28.6 Å². The minimum absolute atomic E-state index is 0.0242. The minimum Gasteiger partial charge on any atom is -0.469 e. The van der Waals surface area contributed by atoms with Gasteiger partial charge in [-0.05, 0) is 66.6 Å². The van der Waals surface area contributed by atoms with Gasteiger partial charge in [0.05, 0.1) is 13.0 Å². The van der Waals surface area contributed by atoms with Gasteiger partial charge in [0.25, 0.3) is 0 Å². The summed E-state index contributed by atoms with van der Waals surface area (Å²) >= 11 is 2.32. The fraction of sp³-hybridized carbons (Fsp3) is 0.562. The third-order valence-electron chi connectivity index (χ3n) is 5.04. The molecule has 0 spiro atoms. The number of hydrogen-bond acceptors (Lipinski definition) is 3. The topological polar surface area (TPSA) is 29.5 Å². The van der Waals surface area contributed by atoms with Crippen LogP contribution in [-0.2, 0) is 9.53 Å². The Morgan fingerprint density at radius 1 is 1.30 bits per heavy atom. The Hall–Kier alpha value is -0.620. The molecule has 4 heteroatoms. The van der Waals surface area contributed by atoms with Gasteiger partial charge in [-0.15, -0.1) is 0 Å². The van der Waals surface area contributed by atoms with E-state index in [4.69, 9.17) is 4.74 Å². The maximum atomic E-state index is 12.3. The molecule has 0 aliphatic carbocycles. The molecule has 1 unspecified atom stereocenters. The number of piperidine rings is 1. The Labute approximate surface area is 133 Å². The van der Waals surface area contributed by atoms with Gasteiger partial charge in [-0.2, -0.15) is 0 Å². The zero-order valence-electron chi connectivity index (χ0n) is 11.9. The van der Waals surface area contributed by atoms with E-state index in [1.54, 1.807) is 0 Å². The number of methoxy groups -OCH3 is 1. The van der Waals surface area contributed by atoms with E-state index in [1.165, 1.54) is 22.7 Å². The van der Waals surface area contributed by atoms with Crippen LogP contribution in [0.1, 0.15) is 30.7 Å². The first-order valence-corrected chi connectivity index (χ1v) is 8.25. The predicted octanol–water partition coefficient (Wildman–Crippen LogP) is 3.03. The second kappa shape index (κ2) is 5.64. The number of nitrogens with zero attached hydrogens (tertiary/aromatic N) is 1. The number of fused-ring (bicyclic) bond motifs is 2. The fourth-order valence-corrected chi connectivity index (χ4v) is 4.34. The number of carbonyl (C=O) groups excluding carboxylic acids is 1. The Kier molecular flexibility index (Phi) is 4.04. The molecule has 3 rings (SSSR count). The van der Waals surface area contributed by atoms with Crippen molar-refractivity contribution in [2.75, 3.05) is 14.2 Å². The van der Waals surface area contributed by atoms with Crippen molar-refractivity contribution < 1.29 is 9.53 Å². The second-order valence-corrected chi connectivity index (χ2v) is 7.15. The largest absolute Gasteiger partial charge is 0.469 e. The van der Waals surface area contributed by atoms with Crippen LogP contribution in [-0.4, -0.2) is 37.1 Å². The Bertz CT molecular complexity index is 502. The molecule has 0 saturated carbocycles. The number of hydrogen-bond donors (Lipinski definition) is 0. The van der Waals surface area contributed by atoms with Gasteiger partial charge >= 0.3 is 5.97 Å². The molecule has 0 aromatic heterocycles. The molecule has 1 aromatic carbocycles. The molecule has 2 aliphatic rings. The first-order valence-electron chi connectivity index (χ1n) is 7.17. The van der Waals surface area contributed by atoms with Crippen LogP contribution in [0, 0.1) is 9.49 Å². The van der Waals surface area contributed by atoms with Crippen molar-refractivity contribution in [2.45, 2.75) is 37.3 Å². The van der Waals surface area contributed by atoms with Gasteiger partial charge in [0, 0.05) is 21.6 Å². The number of carbonyl (C=O) groups is 1. The van der Waals surface area contributed by atoms with Crippen LogP contribution in [0.4, 0.5) is 0 Å². The summed E-state index contributed by atoms with van der Waals surface area (Å²) < 4.78 is 6.33. The summed E-state index contributed by atoms with van der Waals surface area (Å²) in [6.07, 6.45) is 3.38. The summed E-state index contributed by atoms with van der Waals surface area (Å²) in [5.74, 6) is 0.225.